The van der Waals surface area contributed by atoms with Crippen molar-refractivity contribution in [3.05, 3.63) is 69.6 Å². The Morgan fingerprint density at radius 3 is 2.64 bits per heavy atom. The van der Waals surface area contributed by atoms with Gasteiger partial charge < -0.3 is 15.0 Å². The third kappa shape index (κ3) is 4.55. The van der Waals surface area contributed by atoms with Crippen LogP contribution in [0.3, 0.4) is 0 Å². The van der Waals surface area contributed by atoms with Crippen LogP contribution in [0.5, 0.6) is 0 Å². The number of amides is 1. The molecule has 0 bridgehead atoms. The first-order valence-corrected chi connectivity index (χ1v) is 8.49. The van der Waals surface area contributed by atoms with Gasteiger partial charge >= 0.3 is 0 Å². The molecule has 1 fully saturated rings. The fourth-order valence-corrected chi connectivity index (χ4v) is 2.91. The fraction of sp³-hybridized carbons (Fsp3) is 0.368. The van der Waals surface area contributed by atoms with E-state index >= 15 is 0 Å². The van der Waals surface area contributed by atoms with Gasteiger partial charge in [0.05, 0.1) is 19.3 Å². The van der Waals surface area contributed by atoms with Gasteiger partial charge in [0.25, 0.3) is 11.5 Å². The summed E-state index contributed by atoms with van der Waals surface area (Å²) in [6.07, 6.45) is 1.52. The fourth-order valence-electron chi connectivity index (χ4n) is 2.91. The van der Waals surface area contributed by atoms with Gasteiger partial charge in [-0.1, -0.05) is 29.8 Å². The molecule has 2 aromatic rings. The zero-order valence-electron chi connectivity index (χ0n) is 14.3. The molecule has 132 valence electrons. The van der Waals surface area contributed by atoms with E-state index < -0.39 is 0 Å². The zero-order chi connectivity index (χ0) is 17.6. The van der Waals surface area contributed by atoms with Gasteiger partial charge in [0, 0.05) is 25.8 Å². The van der Waals surface area contributed by atoms with E-state index in [9.17, 15) is 9.59 Å². The van der Waals surface area contributed by atoms with E-state index in [1.54, 1.807) is 6.07 Å². The lowest BCUT2D eigenvalue weighted by molar-refractivity contribution is 0.0332. The lowest BCUT2D eigenvalue weighted by atomic mass is 10.0. The van der Waals surface area contributed by atoms with Crippen molar-refractivity contribution in [2.24, 2.45) is 0 Å². The first-order valence-electron chi connectivity index (χ1n) is 8.49. The molecule has 6 nitrogen and oxygen atoms in total. The number of aromatic amines is 1. The molecule has 1 aliphatic heterocycles. The Balaban J connectivity index is 1.80. The normalized spacial score (nSPS) is 16.4. The summed E-state index contributed by atoms with van der Waals surface area (Å²) >= 11 is 0. The zero-order valence-corrected chi connectivity index (χ0v) is 14.3. The predicted octanol–water partition coefficient (Wildman–Crippen LogP) is 1.49. The lowest BCUT2D eigenvalue weighted by Crippen LogP contribution is -2.43. The minimum atomic E-state index is -0.381. The van der Waals surface area contributed by atoms with E-state index in [4.69, 9.17) is 4.74 Å². The predicted molar refractivity (Wildman–Crippen MR) is 95.7 cm³/mol. The standard InChI is InChI=1S/C19H23N3O3/c1-14-4-6-15(7-5-14)17(13-22-9-11-25-12-10-22)21-19(24)16-3-2-8-20-18(16)23/h2-8,17H,9-13H2,1H3,(H,20,23)(H,21,24)/t17-/m1/s1. The molecule has 0 saturated carbocycles. The molecule has 0 unspecified atom stereocenters. The van der Waals surface area contributed by atoms with Gasteiger partial charge in [-0.3, -0.25) is 14.5 Å². The van der Waals surface area contributed by atoms with E-state index in [-0.39, 0.29) is 23.1 Å². The number of nitrogens with one attached hydrogen (secondary N) is 2. The number of aryl methyl sites for hydroxylation is 1. The minimum Gasteiger partial charge on any atom is -0.379 e. The molecular formula is C19H23N3O3. The van der Waals surface area contributed by atoms with Crippen LogP contribution in [0.4, 0.5) is 0 Å². The number of H-pyrrole nitrogens is 1. The second-order valence-electron chi connectivity index (χ2n) is 6.26. The first-order chi connectivity index (χ1) is 12.1. The number of benzene rings is 1. The Hall–Kier alpha value is -2.44. The average Bonchev–Trinajstić information content (AvgIpc) is 2.63. The molecule has 25 heavy (non-hydrogen) atoms. The molecule has 0 radical (unpaired) electrons. The van der Waals surface area contributed by atoms with Crippen LogP contribution >= 0.6 is 0 Å². The Bertz CT molecular complexity index is 764. The van der Waals surface area contributed by atoms with E-state index in [1.165, 1.54) is 17.8 Å². The maximum Gasteiger partial charge on any atom is 0.260 e. The number of carbonyl (C=O) groups is 1. The van der Waals surface area contributed by atoms with E-state index in [0.717, 1.165) is 18.7 Å². The number of carbonyl (C=O) groups excluding carboxylic acids is 1. The molecule has 1 saturated heterocycles. The summed E-state index contributed by atoms with van der Waals surface area (Å²) in [6.45, 7) is 5.79. The van der Waals surface area contributed by atoms with Crippen molar-refractivity contribution in [1.29, 1.82) is 0 Å². The first kappa shape index (κ1) is 17.4. The summed E-state index contributed by atoms with van der Waals surface area (Å²) in [5.74, 6) is -0.360. The average molecular weight is 341 g/mol. The number of pyridine rings is 1. The lowest BCUT2D eigenvalue weighted by Gasteiger charge is -2.31. The summed E-state index contributed by atoms with van der Waals surface area (Å²) in [5, 5.41) is 3.02. The quantitative estimate of drug-likeness (QED) is 0.864. The Labute approximate surface area is 146 Å². The number of rotatable bonds is 5. The molecule has 1 aromatic carbocycles. The van der Waals surface area contributed by atoms with Gasteiger partial charge in [-0.15, -0.1) is 0 Å². The number of hydrogen-bond donors (Lipinski definition) is 2. The Kier molecular flexibility index (Phi) is 5.63. The van der Waals surface area contributed by atoms with Crippen molar-refractivity contribution in [2.45, 2.75) is 13.0 Å². The topological polar surface area (TPSA) is 74.4 Å². The van der Waals surface area contributed by atoms with Gasteiger partial charge in [-0.25, -0.2) is 0 Å². The SMILES string of the molecule is Cc1ccc([C@@H](CN2CCOCC2)NC(=O)c2ccc[nH]c2=O)cc1. The van der Waals surface area contributed by atoms with E-state index in [2.05, 4.69) is 15.2 Å². The molecule has 1 aromatic heterocycles. The van der Waals surface area contributed by atoms with Crippen molar-refractivity contribution in [2.75, 3.05) is 32.8 Å². The smallest absolute Gasteiger partial charge is 0.260 e. The van der Waals surface area contributed by atoms with Gasteiger partial charge in [-0.2, -0.15) is 0 Å². The van der Waals surface area contributed by atoms with Crippen LogP contribution < -0.4 is 10.9 Å². The molecule has 0 spiro atoms. The summed E-state index contributed by atoms with van der Waals surface area (Å²) in [6, 6.07) is 11.1. The second kappa shape index (κ2) is 8.09. The number of aromatic nitrogens is 1. The van der Waals surface area contributed by atoms with Gasteiger partial charge in [-0.05, 0) is 24.6 Å². The van der Waals surface area contributed by atoms with Crippen LogP contribution in [0.15, 0.2) is 47.4 Å². The Morgan fingerprint density at radius 1 is 1.24 bits per heavy atom. The van der Waals surface area contributed by atoms with Crippen LogP contribution in [0.1, 0.15) is 27.5 Å². The highest BCUT2D eigenvalue weighted by atomic mass is 16.5. The van der Waals surface area contributed by atoms with Crippen LogP contribution in [-0.4, -0.2) is 48.6 Å². The molecule has 1 aliphatic rings. The molecule has 2 heterocycles. The summed E-state index contributed by atoms with van der Waals surface area (Å²) in [7, 11) is 0. The minimum absolute atomic E-state index is 0.126. The van der Waals surface area contributed by atoms with Crippen molar-refractivity contribution in [1.82, 2.24) is 15.2 Å². The number of hydrogen-bond acceptors (Lipinski definition) is 4. The monoisotopic (exact) mass is 341 g/mol. The number of morpholine rings is 1. The molecule has 1 atom stereocenters. The van der Waals surface area contributed by atoms with Gasteiger partial charge in [0.15, 0.2) is 0 Å². The number of ether oxygens (including phenoxy) is 1. The highest BCUT2D eigenvalue weighted by Gasteiger charge is 2.21. The van der Waals surface area contributed by atoms with Crippen LogP contribution in [0, 0.1) is 6.92 Å². The highest BCUT2D eigenvalue weighted by molar-refractivity contribution is 5.94. The molecule has 2 N–H and O–H groups in total. The number of nitrogens with zero attached hydrogens (tertiary/aromatic N) is 1. The molecule has 3 rings (SSSR count). The third-order valence-electron chi connectivity index (χ3n) is 4.39. The highest BCUT2D eigenvalue weighted by Crippen LogP contribution is 2.17. The van der Waals surface area contributed by atoms with E-state index in [0.29, 0.717) is 19.8 Å². The van der Waals surface area contributed by atoms with Crippen LogP contribution in [-0.2, 0) is 4.74 Å². The summed E-state index contributed by atoms with van der Waals surface area (Å²) < 4.78 is 5.39. The largest absolute Gasteiger partial charge is 0.379 e. The molecule has 1 amide bonds. The molecule has 6 heteroatoms. The summed E-state index contributed by atoms with van der Waals surface area (Å²) in [4.78, 5) is 29.3. The summed E-state index contributed by atoms with van der Waals surface area (Å²) in [5.41, 5.74) is 1.94. The second-order valence-corrected chi connectivity index (χ2v) is 6.26. The van der Waals surface area contributed by atoms with Gasteiger partial charge in [0.1, 0.15) is 5.56 Å². The van der Waals surface area contributed by atoms with Crippen molar-refractivity contribution in [3.63, 3.8) is 0 Å². The maximum absolute atomic E-state index is 12.6. The van der Waals surface area contributed by atoms with E-state index in [1.807, 2.05) is 31.2 Å². The van der Waals surface area contributed by atoms with Crippen molar-refractivity contribution in [3.8, 4) is 0 Å². The third-order valence-corrected chi connectivity index (χ3v) is 4.39. The van der Waals surface area contributed by atoms with Crippen LogP contribution in [0.25, 0.3) is 0 Å². The van der Waals surface area contributed by atoms with Crippen molar-refractivity contribution < 1.29 is 9.53 Å². The Morgan fingerprint density at radius 2 is 1.96 bits per heavy atom. The molecular weight excluding hydrogens is 318 g/mol. The van der Waals surface area contributed by atoms with Gasteiger partial charge in [0.2, 0.25) is 0 Å². The maximum atomic E-state index is 12.6. The molecule has 0 aliphatic carbocycles. The van der Waals surface area contributed by atoms with Crippen LogP contribution in [0.2, 0.25) is 0 Å². The van der Waals surface area contributed by atoms with Crippen molar-refractivity contribution >= 4 is 5.91 Å².